The lowest BCUT2D eigenvalue weighted by atomic mass is 10.0. The Bertz CT molecular complexity index is 3690. The van der Waals surface area contributed by atoms with Gasteiger partial charge in [-0.05, 0) is 117 Å². The number of ether oxygens (including phenoxy) is 1. The number of anilines is 2. The molecular formula is C52H44Br2F6N10O7. The van der Waals surface area contributed by atoms with Gasteiger partial charge in [-0.2, -0.15) is 26.3 Å². The van der Waals surface area contributed by atoms with E-state index in [1.54, 1.807) is 76.1 Å². The van der Waals surface area contributed by atoms with Crippen molar-refractivity contribution in [2.75, 3.05) is 23.8 Å². The molecule has 5 heterocycles. The number of aryl methyl sites for hydroxylation is 5. The molecule has 0 radical (unpaired) electrons. The summed E-state index contributed by atoms with van der Waals surface area (Å²) in [5.41, 5.74) is 2.73. The van der Waals surface area contributed by atoms with Gasteiger partial charge in [-0.25, -0.2) is 19.9 Å². The summed E-state index contributed by atoms with van der Waals surface area (Å²) >= 11 is 6.19. The van der Waals surface area contributed by atoms with Gasteiger partial charge in [0.1, 0.15) is 14.9 Å². The average molecular weight is 1190 g/mol. The van der Waals surface area contributed by atoms with Crippen molar-refractivity contribution in [3.8, 4) is 22.5 Å². The highest BCUT2D eigenvalue weighted by Gasteiger charge is 2.32. The average Bonchev–Trinajstić information content (AvgIpc) is 3.37. The van der Waals surface area contributed by atoms with E-state index in [2.05, 4.69) is 67.4 Å². The molecule has 400 valence electrons. The second-order valence-electron chi connectivity index (χ2n) is 16.9. The van der Waals surface area contributed by atoms with E-state index in [0.29, 0.717) is 62.0 Å². The van der Waals surface area contributed by atoms with E-state index >= 15 is 0 Å². The summed E-state index contributed by atoms with van der Waals surface area (Å²) in [6.07, 6.45) is 0.907. The lowest BCUT2D eigenvalue weighted by molar-refractivity contribution is -0.138. The van der Waals surface area contributed by atoms with Gasteiger partial charge in [-0.1, -0.05) is 24.3 Å². The fraction of sp³-hybridized carbons (Fsp3) is 0.192. The van der Waals surface area contributed by atoms with E-state index in [9.17, 15) is 55.1 Å². The SMILES string of the molecule is Cc1ccc(NC(=O)c2cccc(C(F)(F)F)c2)cc1-c1cn(C)c(=O)c(C2COC2)n1.Cc1ccc(NC(=O)c2cccc(C(F)(F)F)c2)cc1-c1cn(C)c(=O)cn1.Cn1cc(Br)ncc1=O.O=c1cnc(Br)c[nH]1. The van der Waals surface area contributed by atoms with Crippen LogP contribution < -0.4 is 32.9 Å². The van der Waals surface area contributed by atoms with Crippen molar-refractivity contribution in [2.45, 2.75) is 32.1 Å². The lowest BCUT2D eigenvalue weighted by Gasteiger charge is -2.25. The summed E-state index contributed by atoms with van der Waals surface area (Å²) < 4.78 is 88.2. The Kier molecular flexibility index (Phi) is 19.0. The summed E-state index contributed by atoms with van der Waals surface area (Å²) in [7, 11) is 4.92. The molecule has 25 heteroatoms. The Balaban J connectivity index is 0.000000192. The Morgan fingerprint density at radius 1 is 0.623 bits per heavy atom. The minimum Gasteiger partial charge on any atom is -0.380 e. The Labute approximate surface area is 450 Å². The van der Waals surface area contributed by atoms with Crippen molar-refractivity contribution in [3.63, 3.8) is 0 Å². The van der Waals surface area contributed by atoms with E-state index in [1.807, 2.05) is 13.8 Å². The number of nitrogens with zero attached hydrogens (tertiary/aromatic N) is 7. The molecule has 1 saturated heterocycles. The highest BCUT2D eigenvalue weighted by Crippen LogP contribution is 2.32. The standard InChI is InChI=1S/C23H20F3N3O3.C20H16F3N3O2.C5H5BrN2O.C4H3BrN2O/c1-13-6-7-17(27-21(30)14-4-3-5-16(8-14)23(24,25)26)9-18(13)19-10-29(2)22(31)20(28-19)15-11-32-12-15;1-12-6-7-15(9-16(12)17-11-26(2)18(27)10-24-17)25-19(28)13-4-3-5-14(8-13)20(21,22)23;1-8-3-4(6)7-2-5(8)9;5-3-1-7-4(8)2-6-3/h3-10,15H,11-12H2,1-2H3,(H,27,30);3-11H,1-2H3,(H,25,28);2-3H,1H3;1-2H,(H,7,8). The van der Waals surface area contributed by atoms with Gasteiger partial charge in [-0.3, -0.25) is 28.8 Å². The molecule has 3 N–H and O–H groups in total. The summed E-state index contributed by atoms with van der Waals surface area (Å²) in [6, 6.07) is 18.6. The van der Waals surface area contributed by atoms with Crippen LogP contribution in [0.25, 0.3) is 22.5 Å². The molecule has 4 aromatic heterocycles. The van der Waals surface area contributed by atoms with Crippen LogP contribution in [0.2, 0.25) is 0 Å². The van der Waals surface area contributed by atoms with Gasteiger partial charge < -0.3 is 34.1 Å². The van der Waals surface area contributed by atoms with Crippen LogP contribution >= 0.6 is 31.9 Å². The first-order chi connectivity index (χ1) is 36.3. The van der Waals surface area contributed by atoms with Crippen LogP contribution in [0.15, 0.2) is 157 Å². The molecule has 1 aliphatic rings. The van der Waals surface area contributed by atoms with E-state index in [4.69, 9.17) is 4.74 Å². The van der Waals surface area contributed by atoms with Gasteiger partial charge in [0.05, 0.1) is 60.2 Å². The van der Waals surface area contributed by atoms with Crippen molar-refractivity contribution >= 4 is 55.0 Å². The number of aromatic amines is 1. The van der Waals surface area contributed by atoms with E-state index in [-0.39, 0.29) is 39.3 Å². The molecule has 0 spiro atoms. The van der Waals surface area contributed by atoms with Crippen LogP contribution in [0.4, 0.5) is 37.7 Å². The molecule has 9 rings (SSSR count). The predicted octanol–water partition coefficient (Wildman–Crippen LogP) is 9.24. The summed E-state index contributed by atoms with van der Waals surface area (Å²) in [6.45, 7) is 4.60. The van der Waals surface area contributed by atoms with Gasteiger partial charge >= 0.3 is 12.4 Å². The van der Waals surface area contributed by atoms with Crippen LogP contribution in [-0.4, -0.2) is 63.6 Å². The second-order valence-corrected chi connectivity index (χ2v) is 18.5. The quantitative estimate of drug-likeness (QED) is 0.128. The first kappa shape index (κ1) is 58.1. The Morgan fingerprint density at radius 3 is 1.53 bits per heavy atom. The molecule has 77 heavy (non-hydrogen) atoms. The van der Waals surface area contributed by atoms with Crippen molar-refractivity contribution in [1.82, 2.24) is 38.6 Å². The fourth-order valence-electron chi connectivity index (χ4n) is 6.88. The zero-order valence-electron chi connectivity index (χ0n) is 41.1. The monoisotopic (exact) mass is 1190 g/mol. The van der Waals surface area contributed by atoms with Gasteiger partial charge in [-0.15, -0.1) is 0 Å². The predicted molar refractivity (Wildman–Crippen MR) is 281 cm³/mol. The number of hydrogen-bond acceptors (Lipinski definition) is 11. The summed E-state index contributed by atoms with van der Waals surface area (Å²) in [5.74, 6) is -1.38. The number of carbonyl (C=O) groups is 2. The van der Waals surface area contributed by atoms with Crippen LogP contribution in [0.1, 0.15) is 54.6 Å². The maximum atomic E-state index is 13.0. The van der Waals surface area contributed by atoms with Crippen molar-refractivity contribution in [3.05, 3.63) is 218 Å². The number of aromatic nitrogens is 8. The molecule has 17 nitrogen and oxygen atoms in total. The Hall–Kier alpha value is -8.16. The first-order valence-corrected chi connectivity index (χ1v) is 24.1. The largest absolute Gasteiger partial charge is 0.416 e. The topological polar surface area (TPSA) is 218 Å². The highest BCUT2D eigenvalue weighted by molar-refractivity contribution is 9.10. The third-order valence-electron chi connectivity index (χ3n) is 11.1. The van der Waals surface area contributed by atoms with Gasteiger partial charge in [0.2, 0.25) is 0 Å². The molecule has 4 aromatic carbocycles. The molecule has 2 amide bonds. The molecule has 1 aliphatic heterocycles. The molecule has 0 saturated carbocycles. The highest BCUT2D eigenvalue weighted by atomic mass is 79.9. The maximum Gasteiger partial charge on any atom is 0.416 e. The maximum absolute atomic E-state index is 13.0. The molecule has 0 atom stereocenters. The zero-order valence-corrected chi connectivity index (χ0v) is 44.3. The van der Waals surface area contributed by atoms with Crippen molar-refractivity contribution in [2.24, 2.45) is 21.1 Å². The van der Waals surface area contributed by atoms with Crippen LogP contribution in [0.3, 0.4) is 0 Å². The number of benzene rings is 4. The smallest absolute Gasteiger partial charge is 0.380 e. The number of hydrogen-bond donors (Lipinski definition) is 3. The zero-order chi connectivity index (χ0) is 56.4. The van der Waals surface area contributed by atoms with Crippen molar-refractivity contribution < 1.29 is 40.7 Å². The minimum absolute atomic E-state index is 0.0576. The molecule has 8 aromatic rings. The normalized spacial score (nSPS) is 12.1. The van der Waals surface area contributed by atoms with Crippen LogP contribution in [0, 0.1) is 13.8 Å². The first-order valence-electron chi connectivity index (χ1n) is 22.5. The number of carbonyl (C=O) groups excluding carboxylic acids is 2. The van der Waals surface area contributed by atoms with Gasteiger partial charge in [0, 0.05) is 79.6 Å². The van der Waals surface area contributed by atoms with Crippen molar-refractivity contribution in [1.29, 1.82) is 0 Å². The van der Waals surface area contributed by atoms with E-state index < -0.39 is 35.3 Å². The molecule has 0 unspecified atom stereocenters. The second kappa shape index (κ2) is 25.1. The van der Waals surface area contributed by atoms with Gasteiger partial charge in [0.25, 0.3) is 34.1 Å². The summed E-state index contributed by atoms with van der Waals surface area (Å²) in [5, 5.41) is 5.24. The third kappa shape index (κ3) is 15.9. The number of halogens is 8. The number of H-pyrrole nitrogens is 1. The number of alkyl halides is 6. The molecule has 1 fully saturated rings. The van der Waals surface area contributed by atoms with E-state index in [0.717, 1.165) is 35.4 Å². The number of amides is 2. The molecule has 0 aliphatic carbocycles. The third-order valence-corrected chi connectivity index (χ3v) is 12.0. The number of nitrogens with one attached hydrogen (secondary N) is 3. The van der Waals surface area contributed by atoms with Crippen LogP contribution in [0.5, 0.6) is 0 Å². The van der Waals surface area contributed by atoms with Crippen LogP contribution in [-0.2, 0) is 38.2 Å². The van der Waals surface area contributed by atoms with E-state index in [1.165, 1.54) is 62.8 Å². The summed E-state index contributed by atoms with van der Waals surface area (Å²) in [4.78, 5) is 88.3. The number of rotatable bonds is 7. The lowest BCUT2D eigenvalue weighted by Crippen LogP contribution is -2.34. The Morgan fingerprint density at radius 2 is 1.10 bits per heavy atom. The molecular weight excluding hydrogens is 1150 g/mol. The fourth-order valence-corrected chi connectivity index (χ4v) is 7.50. The van der Waals surface area contributed by atoms with Gasteiger partial charge in [0.15, 0.2) is 0 Å². The minimum atomic E-state index is -4.54. The molecule has 0 bridgehead atoms.